The van der Waals surface area contributed by atoms with Crippen molar-refractivity contribution in [2.75, 3.05) is 0 Å². The third-order valence-electron chi connectivity index (χ3n) is 6.70. The maximum atomic E-state index is 11.3. The van der Waals surface area contributed by atoms with E-state index >= 15 is 0 Å². The summed E-state index contributed by atoms with van der Waals surface area (Å²) in [7, 11) is 0. The molecule has 0 aliphatic carbocycles. The van der Waals surface area contributed by atoms with E-state index < -0.39 is 5.97 Å². The molecule has 0 unspecified atom stereocenters. The van der Waals surface area contributed by atoms with Crippen LogP contribution in [-0.4, -0.2) is 11.1 Å². The molecule has 0 amide bonds. The van der Waals surface area contributed by atoms with Crippen molar-refractivity contribution in [2.24, 2.45) is 5.73 Å². The lowest BCUT2D eigenvalue weighted by Crippen LogP contribution is -2.04. The summed E-state index contributed by atoms with van der Waals surface area (Å²) in [5.41, 5.74) is 16.0. The summed E-state index contributed by atoms with van der Waals surface area (Å²) in [6.45, 7) is 4.95. The second-order valence-corrected chi connectivity index (χ2v) is 9.30. The Labute approximate surface area is 216 Å². The van der Waals surface area contributed by atoms with Crippen LogP contribution in [0.3, 0.4) is 0 Å². The summed E-state index contributed by atoms with van der Waals surface area (Å²) in [6, 6.07) is 26.1. The molecule has 1 aromatic heterocycles. The first-order valence-corrected chi connectivity index (χ1v) is 12.3. The molecule has 0 saturated heterocycles. The minimum atomic E-state index is -0.896. The highest BCUT2D eigenvalue weighted by atomic mass is 16.5. The SMILES string of the molecule is Cc1cccc(C)c1-c1cc(-c2cccc(CN)c2)cc2c(COc3ccccc3CC(=O)O)coc12. The second-order valence-electron chi connectivity index (χ2n) is 9.30. The number of hydrogen-bond donors (Lipinski definition) is 2. The third kappa shape index (κ3) is 4.99. The largest absolute Gasteiger partial charge is 0.488 e. The van der Waals surface area contributed by atoms with Crippen molar-refractivity contribution in [3.05, 3.63) is 113 Å². The number of rotatable bonds is 8. The zero-order chi connectivity index (χ0) is 25.9. The molecule has 0 bridgehead atoms. The third-order valence-corrected chi connectivity index (χ3v) is 6.70. The summed E-state index contributed by atoms with van der Waals surface area (Å²) >= 11 is 0. The molecule has 4 aromatic carbocycles. The maximum Gasteiger partial charge on any atom is 0.307 e. The average molecular weight is 492 g/mol. The standard InChI is InChI=1S/C32H29NO4/c1-20-7-5-8-21(2)31(20)28-15-25(23-11-6-9-22(13-23)17-33)14-27-26(19-37-32(27)28)18-36-29-12-4-3-10-24(29)16-30(34)35/h3-15,19H,16-18,33H2,1-2H3,(H,34,35). The summed E-state index contributed by atoms with van der Waals surface area (Å²) in [5, 5.41) is 10.2. The van der Waals surface area contributed by atoms with Crippen molar-refractivity contribution in [3.8, 4) is 28.0 Å². The van der Waals surface area contributed by atoms with Gasteiger partial charge in [0.05, 0.1) is 12.7 Å². The fourth-order valence-corrected chi connectivity index (χ4v) is 4.88. The number of hydrogen-bond acceptors (Lipinski definition) is 4. The van der Waals surface area contributed by atoms with E-state index in [4.69, 9.17) is 14.9 Å². The van der Waals surface area contributed by atoms with Gasteiger partial charge in [-0.1, -0.05) is 54.6 Å². The minimum Gasteiger partial charge on any atom is -0.488 e. The highest BCUT2D eigenvalue weighted by molar-refractivity contribution is 5.99. The molecule has 0 fully saturated rings. The zero-order valence-electron chi connectivity index (χ0n) is 21.0. The number of benzene rings is 4. The van der Waals surface area contributed by atoms with Crippen LogP contribution in [0.1, 0.15) is 27.8 Å². The molecule has 5 heteroatoms. The van der Waals surface area contributed by atoms with Gasteiger partial charge in [-0.3, -0.25) is 4.79 Å². The van der Waals surface area contributed by atoms with E-state index in [0.29, 0.717) is 17.9 Å². The number of furan rings is 1. The Morgan fingerprint density at radius 2 is 1.65 bits per heavy atom. The van der Waals surface area contributed by atoms with Crippen LogP contribution in [0.2, 0.25) is 0 Å². The van der Waals surface area contributed by atoms with Gasteiger partial charge in [0.25, 0.3) is 0 Å². The molecule has 0 saturated carbocycles. The predicted molar refractivity (Wildman–Crippen MR) is 147 cm³/mol. The molecular formula is C32H29NO4. The van der Waals surface area contributed by atoms with Crippen LogP contribution in [0.5, 0.6) is 5.75 Å². The van der Waals surface area contributed by atoms with Gasteiger partial charge in [0.1, 0.15) is 17.9 Å². The fourth-order valence-electron chi connectivity index (χ4n) is 4.88. The molecule has 0 radical (unpaired) electrons. The fraction of sp³-hybridized carbons (Fsp3) is 0.156. The van der Waals surface area contributed by atoms with E-state index in [2.05, 4.69) is 56.3 Å². The Bertz CT molecular complexity index is 1580. The molecule has 186 valence electrons. The molecule has 5 rings (SSSR count). The van der Waals surface area contributed by atoms with Crippen LogP contribution in [0.15, 0.2) is 89.5 Å². The van der Waals surface area contributed by atoms with Gasteiger partial charge in [-0.15, -0.1) is 0 Å². The average Bonchev–Trinajstić information content (AvgIpc) is 3.31. The van der Waals surface area contributed by atoms with E-state index in [0.717, 1.165) is 44.3 Å². The smallest absolute Gasteiger partial charge is 0.307 e. The quantitative estimate of drug-likeness (QED) is 0.243. The lowest BCUT2D eigenvalue weighted by Gasteiger charge is -2.14. The number of nitrogens with two attached hydrogens (primary N) is 1. The van der Waals surface area contributed by atoms with Crippen molar-refractivity contribution >= 4 is 16.9 Å². The Hall–Kier alpha value is -4.35. The monoisotopic (exact) mass is 491 g/mol. The molecule has 3 N–H and O–H groups in total. The van der Waals surface area contributed by atoms with Crippen LogP contribution in [0.25, 0.3) is 33.2 Å². The van der Waals surface area contributed by atoms with E-state index in [1.165, 1.54) is 11.1 Å². The van der Waals surface area contributed by atoms with Crippen molar-refractivity contribution in [1.82, 2.24) is 0 Å². The molecule has 0 aliphatic rings. The Morgan fingerprint density at radius 1 is 0.892 bits per heavy atom. The van der Waals surface area contributed by atoms with Gasteiger partial charge in [-0.25, -0.2) is 0 Å². The topological polar surface area (TPSA) is 85.7 Å². The van der Waals surface area contributed by atoms with Crippen LogP contribution in [0.4, 0.5) is 0 Å². The van der Waals surface area contributed by atoms with Crippen LogP contribution in [0, 0.1) is 13.8 Å². The molecule has 5 aromatic rings. The number of aliphatic carboxylic acids is 1. The van der Waals surface area contributed by atoms with Gasteiger partial charge in [-0.2, -0.15) is 0 Å². The van der Waals surface area contributed by atoms with E-state index in [1.807, 2.05) is 24.3 Å². The molecule has 0 spiro atoms. The second kappa shape index (κ2) is 10.3. The molecular weight excluding hydrogens is 462 g/mol. The van der Waals surface area contributed by atoms with Gasteiger partial charge in [-0.05, 0) is 71.5 Å². The summed E-state index contributed by atoms with van der Waals surface area (Å²) in [6.07, 6.45) is 1.64. The summed E-state index contributed by atoms with van der Waals surface area (Å²) in [4.78, 5) is 11.3. The van der Waals surface area contributed by atoms with E-state index in [-0.39, 0.29) is 13.0 Å². The van der Waals surface area contributed by atoms with Gasteiger partial charge < -0.3 is 20.0 Å². The van der Waals surface area contributed by atoms with Gasteiger partial charge in [0, 0.05) is 28.6 Å². The number of para-hydroxylation sites is 1. The predicted octanol–water partition coefficient (Wildman–Crippen LogP) is 7.05. The van der Waals surface area contributed by atoms with Gasteiger partial charge in [0.15, 0.2) is 0 Å². The number of fused-ring (bicyclic) bond motifs is 1. The zero-order valence-corrected chi connectivity index (χ0v) is 21.0. The first-order chi connectivity index (χ1) is 17.9. The van der Waals surface area contributed by atoms with Gasteiger partial charge in [0.2, 0.25) is 0 Å². The van der Waals surface area contributed by atoms with Crippen molar-refractivity contribution in [1.29, 1.82) is 0 Å². The number of aryl methyl sites for hydroxylation is 2. The van der Waals surface area contributed by atoms with Crippen molar-refractivity contribution < 1.29 is 19.1 Å². The van der Waals surface area contributed by atoms with Crippen LogP contribution >= 0.6 is 0 Å². The van der Waals surface area contributed by atoms with Crippen LogP contribution < -0.4 is 10.5 Å². The van der Waals surface area contributed by atoms with Crippen molar-refractivity contribution in [2.45, 2.75) is 33.4 Å². The Balaban J connectivity index is 1.63. The molecule has 0 aliphatic heterocycles. The first kappa shape index (κ1) is 24.3. The Morgan fingerprint density at radius 3 is 2.41 bits per heavy atom. The van der Waals surface area contributed by atoms with Crippen molar-refractivity contribution in [3.63, 3.8) is 0 Å². The number of carboxylic acid groups (broad SMARTS) is 1. The van der Waals surface area contributed by atoms with Crippen LogP contribution in [-0.2, 0) is 24.4 Å². The summed E-state index contributed by atoms with van der Waals surface area (Å²) in [5.74, 6) is -0.339. The normalized spacial score (nSPS) is 11.1. The highest BCUT2D eigenvalue weighted by Gasteiger charge is 2.18. The minimum absolute atomic E-state index is 0.0966. The maximum absolute atomic E-state index is 11.3. The molecule has 37 heavy (non-hydrogen) atoms. The highest BCUT2D eigenvalue weighted by Crippen LogP contribution is 2.39. The molecule has 5 nitrogen and oxygen atoms in total. The summed E-state index contributed by atoms with van der Waals surface area (Å²) < 4.78 is 12.3. The van der Waals surface area contributed by atoms with Gasteiger partial charge >= 0.3 is 5.97 Å². The lowest BCUT2D eigenvalue weighted by atomic mass is 9.91. The van der Waals surface area contributed by atoms with E-state index in [1.54, 1.807) is 18.4 Å². The Kier molecular flexibility index (Phi) is 6.80. The molecule has 0 atom stereocenters. The number of carbonyl (C=O) groups is 1. The van der Waals surface area contributed by atoms with E-state index in [9.17, 15) is 9.90 Å². The first-order valence-electron chi connectivity index (χ1n) is 12.3. The number of carboxylic acids is 1. The lowest BCUT2D eigenvalue weighted by molar-refractivity contribution is -0.136. The molecule has 1 heterocycles. The number of ether oxygens (including phenoxy) is 1.